The molecule has 0 aromatic heterocycles. The predicted molar refractivity (Wildman–Crippen MR) is 60.5 cm³/mol. The molecular formula is C13H14O3. The summed E-state index contributed by atoms with van der Waals surface area (Å²) in [5.74, 6) is 0.0677. The van der Waals surface area contributed by atoms with Crippen molar-refractivity contribution in [3.8, 4) is 0 Å². The van der Waals surface area contributed by atoms with Gasteiger partial charge in [-0.2, -0.15) is 0 Å². The Morgan fingerprint density at radius 3 is 2.81 bits per heavy atom. The van der Waals surface area contributed by atoms with Crippen LogP contribution in [-0.4, -0.2) is 16.7 Å². The van der Waals surface area contributed by atoms with E-state index in [9.17, 15) is 9.90 Å². The fourth-order valence-corrected chi connectivity index (χ4v) is 1.95. The van der Waals surface area contributed by atoms with E-state index in [0.717, 1.165) is 11.1 Å². The summed E-state index contributed by atoms with van der Waals surface area (Å²) in [4.78, 5) is 11.0. The molecule has 0 bridgehead atoms. The Hall–Kier alpha value is -1.61. The maximum Gasteiger partial charge on any atom is 0.308 e. The average molecular weight is 218 g/mol. The van der Waals surface area contributed by atoms with Gasteiger partial charge in [0.2, 0.25) is 0 Å². The third kappa shape index (κ3) is 2.14. The molecule has 16 heavy (non-hydrogen) atoms. The standard InChI is InChI=1S/C13H14O3/c1-9(14)16-12-8-13(2,15)7-10-5-3-4-6-11(10)12/h3-6,8,15H,7H2,1-2H3. The van der Waals surface area contributed by atoms with Crippen molar-refractivity contribution in [2.24, 2.45) is 0 Å². The summed E-state index contributed by atoms with van der Waals surface area (Å²) in [7, 11) is 0. The summed E-state index contributed by atoms with van der Waals surface area (Å²) in [6, 6.07) is 7.61. The largest absolute Gasteiger partial charge is 0.426 e. The number of hydrogen-bond donors (Lipinski definition) is 1. The number of hydrogen-bond acceptors (Lipinski definition) is 3. The van der Waals surface area contributed by atoms with E-state index in [4.69, 9.17) is 4.74 Å². The lowest BCUT2D eigenvalue weighted by atomic mass is 9.86. The van der Waals surface area contributed by atoms with Gasteiger partial charge in [-0.25, -0.2) is 0 Å². The number of carbonyl (C=O) groups excluding carboxylic acids is 1. The van der Waals surface area contributed by atoms with Crippen LogP contribution in [0, 0.1) is 0 Å². The van der Waals surface area contributed by atoms with Gasteiger partial charge in [0.25, 0.3) is 0 Å². The van der Waals surface area contributed by atoms with Crippen molar-refractivity contribution >= 4 is 11.7 Å². The average Bonchev–Trinajstić information content (AvgIpc) is 2.14. The van der Waals surface area contributed by atoms with Gasteiger partial charge in [0.1, 0.15) is 5.76 Å². The minimum absolute atomic E-state index is 0.376. The maximum atomic E-state index is 11.0. The fourth-order valence-electron chi connectivity index (χ4n) is 1.95. The maximum absolute atomic E-state index is 11.0. The quantitative estimate of drug-likeness (QED) is 0.732. The first kappa shape index (κ1) is 10.9. The van der Waals surface area contributed by atoms with E-state index in [0.29, 0.717) is 12.2 Å². The van der Waals surface area contributed by atoms with Crippen molar-refractivity contribution < 1.29 is 14.6 Å². The summed E-state index contributed by atoms with van der Waals surface area (Å²) in [6.07, 6.45) is 2.13. The zero-order chi connectivity index (χ0) is 11.8. The van der Waals surface area contributed by atoms with Crippen LogP contribution in [0.2, 0.25) is 0 Å². The third-order valence-electron chi connectivity index (χ3n) is 2.53. The molecule has 0 saturated heterocycles. The van der Waals surface area contributed by atoms with E-state index in [1.165, 1.54) is 6.92 Å². The second-order valence-corrected chi connectivity index (χ2v) is 4.29. The lowest BCUT2D eigenvalue weighted by Crippen LogP contribution is -2.29. The summed E-state index contributed by atoms with van der Waals surface area (Å²) in [5.41, 5.74) is 0.912. The number of fused-ring (bicyclic) bond motifs is 1. The Morgan fingerprint density at radius 1 is 1.44 bits per heavy atom. The second-order valence-electron chi connectivity index (χ2n) is 4.29. The molecule has 0 amide bonds. The highest BCUT2D eigenvalue weighted by molar-refractivity contribution is 5.78. The van der Waals surface area contributed by atoms with Gasteiger partial charge in [-0.15, -0.1) is 0 Å². The Labute approximate surface area is 94.4 Å². The Kier molecular flexibility index (Phi) is 2.56. The highest BCUT2D eigenvalue weighted by Crippen LogP contribution is 2.32. The van der Waals surface area contributed by atoms with Crippen LogP contribution in [0.4, 0.5) is 0 Å². The first-order chi connectivity index (χ1) is 7.48. The van der Waals surface area contributed by atoms with Gasteiger partial charge in [0.15, 0.2) is 0 Å². The molecule has 1 N–H and O–H groups in total. The zero-order valence-electron chi connectivity index (χ0n) is 9.36. The summed E-state index contributed by atoms with van der Waals surface area (Å²) < 4.78 is 5.12. The first-order valence-electron chi connectivity index (χ1n) is 5.20. The number of rotatable bonds is 1. The van der Waals surface area contributed by atoms with Crippen molar-refractivity contribution in [1.82, 2.24) is 0 Å². The molecule has 3 nitrogen and oxygen atoms in total. The molecule has 1 aliphatic rings. The third-order valence-corrected chi connectivity index (χ3v) is 2.53. The molecule has 0 radical (unpaired) electrons. The van der Waals surface area contributed by atoms with Gasteiger partial charge < -0.3 is 9.84 Å². The fraction of sp³-hybridized carbons (Fsp3) is 0.308. The summed E-state index contributed by atoms with van der Waals surface area (Å²) >= 11 is 0. The monoisotopic (exact) mass is 218 g/mol. The topological polar surface area (TPSA) is 46.5 Å². The molecule has 0 heterocycles. The second kappa shape index (κ2) is 3.76. The number of benzene rings is 1. The molecule has 0 aliphatic heterocycles. The van der Waals surface area contributed by atoms with Gasteiger partial charge in [0.05, 0.1) is 5.60 Å². The van der Waals surface area contributed by atoms with Gasteiger partial charge in [-0.3, -0.25) is 4.79 Å². The highest BCUT2D eigenvalue weighted by Gasteiger charge is 2.28. The van der Waals surface area contributed by atoms with Crippen LogP contribution >= 0.6 is 0 Å². The Morgan fingerprint density at radius 2 is 2.12 bits per heavy atom. The van der Waals surface area contributed by atoms with Crippen molar-refractivity contribution in [3.63, 3.8) is 0 Å². The molecule has 1 aromatic carbocycles. The summed E-state index contributed by atoms with van der Waals surface area (Å²) in [5, 5.41) is 10.0. The molecule has 0 saturated carbocycles. The number of esters is 1. The summed E-state index contributed by atoms with van der Waals surface area (Å²) in [6.45, 7) is 3.05. The normalized spacial score (nSPS) is 23.3. The molecule has 0 fully saturated rings. The molecule has 1 atom stereocenters. The zero-order valence-corrected chi connectivity index (χ0v) is 9.36. The molecule has 3 heteroatoms. The van der Waals surface area contributed by atoms with E-state index in [-0.39, 0.29) is 5.97 Å². The van der Waals surface area contributed by atoms with Crippen molar-refractivity contribution in [3.05, 3.63) is 41.5 Å². The van der Waals surface area contributed by atoms with Crippen LogP contribution < -0.4 is 0 Å². The van der Waals surface area contributed by atoms with E-state index in [1.807, 2.05) is 24.3 Å². The van der Waals surface area contributed by atoms with Crippen LogP contribution in [-0.2, 0) is 16.0 Å². The Bertz CT molecular complexity index is 458. The van der Waals surface area contributed by atoms with Gasteiger partial charge in [-0.1, -0.05) is 24.3 Å². The molecule has 1 unspecified atom stereocenters. The minimum atomic E-state index is -0.959. The van der Waals surface area contributed by atoms with Crippen molar-refractivity contribution in [2.45, 2.75) is 25.9 Å². The van der Waals surface area contributed by atoms with Crippen LogP contribution in [0.15, 0.2) is 30.3 Å². The van der Waals surface area contributed by atoms with Gasteiger partial charge in [0, 0.05) is 18.9 Å². The van der Waals surface area contributed by atoms with Crippen molar-refractivity contribution in [1.29, 1.82) is 0 Å². The van der Waals surface area contributed by atoms with E-state index < -0.39 is 5.60 Å². The smallest absolute Gasteiger partial charge is 0.308 e. The minimum Gasteiger partial charge on any atom is -0.426 e. The first-order valence-corrected chi connectivity index (χ1v) is 5.20. The van der Waals surface area contributed by atoms with Crippen molar-refractivity contribution in [2.75, 3.05) is 0 Å². The van der Waals surface area contributed by atoms with E-state index >= 15 is 0 Å². The lowest BCUT2D eigenvalue weighted by Gasteiger charge is -2.27. The molecular weight excluding hydrogens is 204 g/mol. The van der Waals surface area contributed by atoms with Crippen LogP contribution in [0.5, 0.6) is 0 Å². The SMILES string of the molecule is CC(=O)OC1=CC(C)(O)Cc2ccccc21. The lowest BCUT2D eigenvalue weighted by molar-refractivity contribution is -0.134. The molecule has 1 aliphatic carbocycles. The number of ether oxygens (including phenoxy) is 1. The number of carbonyl (C=O) groups is 1. The van der Waals surface area contributed by atoms with Crippen LogP contribution in [0.1, 0.15) is 25.0 Å². The molecule has 0 spiro atoms. The van der Waals surface area contributed by atoms with Gasteiger partial charge >= 0.3 is 5.97 Å². The Balaban J connectivity index is 2.47. The van der Waals surface area contributed by atoms with Crippen LogP contribution in [0.3, 0.4) is 0 Å². The van der Waals surface area contributed by atoms with E-state index in [2.05, 4.69) is 0 Å². The molecule has 1 aromatic rings. The van der Waals surface area contributed by atoms with E-state index in [1.54, 1.807) is 13.0 Å². The predicted octanol–water partition coefficient (Wildman–Crippen LogP) is 1.90. The van der Waals surface area contributed by atoms with Gasteiger partial charge in [-0.05, 0) is 18.6 Å². The molecule has 84 valence electrons. The number of aliphatic hydroxyl groups is 1. The molecule has 2 rings (SSSR count). The highest BCUT2D eigenvalue weighted by atomic mass is 16.5. The van der Waals surface area contributed by atoms with Crippen LogP contribution in [0.25, 0.3) is 5.76 Å².